The summed E-state index contributed by atoms with van der Waals surface area (Å²) in [6, 6.07) is -0.955. The van der Waals surface area contributed by atoms with Crippen LogP contribution in [0.2, 0.25) is 0 Å². The Morgan fingerprint density at radius 3 is 2.61 bits per heavy atom. The molecule has 2 aliphatic rings. The first-order valence-corrected chi connectivity index (χ1v) is 5.65. The molecule has 0 radical (unpaired) electrons. The second-order valence-corrected chi connectivity index (χ2v) is 5.02. The van der Waals surface area contributed by atoms with Crippen LogP contribution in [0.3, 0.4) is 0 Å². The Labute approximate surface area is 104 Å². The van der Waals surface area contributed by atoms with Gasteiger partial charge < -0.3 is 24.4 Å². The minimum Gasteiger partial charge on any atom is -0.393 e. The molecule has 18 heavy (non-hydrogen) atoms. The monoisotopic (exact) mass is 259 g/mol. The zero-order valence-corrected chi connectivity index (χ0v) is 10.5. The fraction of sp³-hybridized carbons (Fsp3) is 1.00. The maximum Gasteiger partial charge on any atom is 0.164 e. The maximum absolute atomic E-state index is 10.5. The van der Waals surface area contributed by atoms with Crippen LogP contribution in [0.1, 0.15) is 13.8 Å². The van der Waals surface area contributed by atoms with E-state index in [4.69, 9.17) is 19.7 Å². The van der Waals surface area contributed by atoms with Crippen molar-refractivity contribution in [3.8, 4) is 0 Å². The van der Waals surface area contributed by atoms with Gasteiger partial charge in [-0.05, 0) is 19.4 Å². The lowest BCUT2D eigenvalue weighted by Gasteiger charge is -2.32. The van der Waals surface area contributed by atoms with Crippen molar-refractivity contribution in [2.45, 2.75) is 49.6 Å². The number of nitrogens with zero attached hydrogens (tertiary/aromatic N) is 3. The molecule has 0 bridgehead atoms. The largest absolute Gasteiger partial charge is 0.393 e. The molecule has 5 atom stereocenters. The van der Waals surface area contributed by atoms with Gasteiger partial charge in [0.1, 0.15) is 17.8 Å². The predicted molar refractivity (Wildman–Crippen MR) is 59.6 cm³/mol. The molecule has 2 rings (SSSR count). The highest BCUT2D eigenvalue weighted by molar-refractivity contribution is 5.17. The number of methoxy groups -OCH3 is 1. The van der Waals surface area contributed by atoms with Crippen LogP contribution >= 0.6 is 0 Å². The smallest absolute Gasteiger partial charge is 0.164 e. The molecule has 1 heterocycles. The summed E-state index contributed by atoms with van der Waals surface area (Å²) in [4.78, 5) is 2.69. The number of hydrogen-bond donors (Lipinski definition) is 2. The molecule has 8 heteroatoms. The Morgan fingerprint density at radius 1 is 1.44 bits per heavy atom. The zero-order chi connectivity index (χ0) is 13.6. The Balaban J connectivity index is 2.40. The van der Waals surface area contributed by atoms with Crippen molar-refractivity contribution >= 4 is 0 Å². The van der Waals surface area contributed by atoms with Gasteiger partial charge in [-0.3, -0.25) is 0 Å². The van der Waals surface area contributed by atoms with Gasteiger partial charge in [0, 0.05) is 12.0 Å². The van der Waals surface area contributed by atoms with Crippen molar-refractivity contribution in [1.82, 2.24) is 0 Å². The van der Waals surface area contributed by atoms with Crippen LogP contribution < -0.4 is 0 Å². The molecular weight excluding hydrogens is 242 g/mol. The van der Waals surface area contributed by atoms with E-state index < -0.39 is 42.3 Å². The standard InChI is InChI=1S/C10H17N3O5/c1-9(2)17-6-5(16-3)7(12-13-11)10(15,4-14)8(6)18-9/h5-8,14-15H,4H2,1-3H3/t5-,6-,7+,8-,10+/m1/s1. The lowest BCUT2D eigenvalue weighted by Crippen LogP contribution is -2.52. The summed E-state index contributed by atoms with van der Waals surface area (Å²) in [6.45, 7) is 2.81. The molecule has 0 aromatic rings. The summed E-state index contributed by atoms with van der Waals surface area (Å²) in [5, 5.41) is 23.4. The van der Waals surface area contributed by atoms with Gasteiger partial charge in [-0.2, -0.15) is 0 Å². The van der Waals surface area contributed by atoms with Gasteiger partial charge in [0.15, 0.2) is 5.79 Å². The lowest BCUT2D eigenvalue weighted by atomic mass is 9.96. The number of rotatable bonds is 3. The van der Waals surface area contributed by atoms with Gasteiger partial charge in [0.05, 0.1) is 18.8 Å². The lowest BCUT2D eigenvalue weighted by molar-refractivity contribution is -0.198. The van der Waals surface area contributed by atoms with Crippen LogP contribution in [-0.2, 0) is 14.2 Å². The second-order valence-electron chi connectivity index (χ2n) is 5.02. The van der Waals surface area contributed by atoms with Gasteiger partial charge in [0.2, 0.25) is 0 Å². The van der Waals surface area contributed by atoms with Crippen LogP contribution in [0, 0.1) is 0 Å². The first-order valence-electron chi connectivity index (χ1n) is 5.65. The third kappa shape index (κ3) is 1.78. The summed E-state index contributed by atoms with van der Waals surface area (Å²) in [6.07, 6.45) is -2.04. The topological polar surface area (TPSA) is 117 Å². The van der Waals surface area contributed by atoms with Crippen LogP contribution in [0.15, 0.2) is 5.11 Å². The van der Waals surface area contributed by atoms with E-state index >= 15 is 0 Å². The van der Waals surface area contributed by atoms with E-state index in [0.29, 0.717) is 0 Å². The van der Waals surface area contributed by atoms with E-state index in [1.54, 1.807) is 13.8 Å². The summed E-state index contributed by atoms with van der Waals surface area (Å²) < 4.78 is 16.5. The molecular formula is C10H17N3O5. The average molecular weight is 259 g/mol. The van der Waals surface area contributed by atoms with Gasteiger partial charge in [-0.1, -0.05) is 5.11 Å². The fourth-order valence-electron chi connectivity index (χ4n) is 2.72. The Hall–Kier alpha value is -0.890. The molecule has 0 amide bonds. The van der Waals surface area contributed by atoms with Crippen molar-refractivity contribution < 1.29 is 24.4 Å². The number of aliphatic hydroxyl groups is 2. The van der Waals surface area contributed by atoms with E-state index in [2.05, 4.69) is 10.0 Å². The highest BCUT2D eigenvalue weighted by Crippen LogP contribution is 2.46. The van der Waals surface area contributed by atoms with E-state index in [1.165, 1.54) is 7.11 Å². The first-order chi connectivity index (χ1) is 8.39. The Morgan fingerprint density at radius 2 is 2.11 bits per heavy atom. The highest BCUT2D eigenvalue weighted by Gasteiger charge is 2.66. The van der Waals surface area contributed by atoms with E-state index in [0.717, 1.165) is 0 Å². The number of hydrogen-bond acceptors (Lipinski definition) is 6. The van der Waals surface area contributed by atoms with Gasteiger partial charge in [-0.15, -0.1) is 0 Å². The molecule has 2 N–H and O–H groups in total. The molecule has 8 nitrogen and oxygen atoms in total. The summed E-state index contributed by atoms with van der Waals surface area (Å²) in [5.74, 6) is -0.878. The molecule has 1 saturated heterocycles. The molecule has 0 aromatic carbocycles. The normalized spacial score (nSPS) is 45.6. The average Bonchev–Trinajstić information content (AvgIpc) is 2.73. The Kier molecular flexibility index (Phi) is 3.26. The van der Waals surface area contributed by atoms with E-state index in [1.807, 2.05) is 0 Å². The molecule has 2 fully saturated rings. The number of ether oxygens (including phenoxy) is 3. The molecule has 1 saturated carbocycles. The first kappa shape index (κ1) is 13.5. The summed E-state index contributed by atoms with van der Waals surface area (Å²) in [5.41, 5.74) is 6.86. The SMILES string of the molecule is CO[C@@H]1[C@H]2OC(C)(C)O[C@H]2[C@](O)(CO)[C@H]1N=[N+]=[N-]. The van der Waals surface area contributed by atoms with Crippen molar-refractivity contribution in [2.75, 3.05) is 13.7 Å². The van der Waals surface area contributed by atoms with Crippen molar-refractivity contribution in [2.24, 2.45) is 5.11 Å². The van der Waals surface area contributed by atoms with E-state index in [9.17, 15) is 10.2 Å². The van der Waals surface area contributed by atoms with Crippen LogP contribution in [0.25, 0.3) is 10.4 Å². The number of fused-ring (bicyclic) bond motifs is 1. The van der Waals surface area contributed by atoms with Crippen LogP contribution in [0.4, 0.5) is 0 Å². The molecule has 102 valence electrons. The number of azide groups is 1. The van der Waals surface area contributed by atoms with Gasteiger partial charge >= 0.3 is 0 Å². The minimum absolute atomic E-state index is 0.586. The molecule has 0 aromatic heterocycles. The molecule has 1 aliphatic carbocycles. The maximum atomic E-state index is 10.5. The zero-order valence-electron chi connectivity index (χ0n) is 10.5. The quantitative estimate of drug-likeness (QED) is 0.418. The second kappa shape index (κ2) is 4.34. The molecule has 0 unspecified atom stereocenters. The van der Waals surface area contributed by atoms with Crippen molar-refractivity contribution in [3.05, 3.63) is 10.4 Å². The highest BCUT2D eigenvalue weighted by atomic mass is 16.8. The van der Waals surface area contributed by atoms with Crippen LogP contribution in [-0.4, -0.2) is 59.7 Å². The third-order valence-corrected chi connectivity index (χ3v) is 3.47. The van der Waals surface area contributed by atoms with E-state index in [-0.39, 0.29) is 0 Å². The van der Waals surface area contributed by atoms with Crippen LogP contribution in [0.5, 0.6) is 0 Å². The Bertz CT molecular complexity index is 384. The van der Waals surface area contributed by atoms with Crippen molar-refractivity contribution in [3.63, 3.8) is 0 Å². The summed E-state index contributed by atoms with van der Waals surface area (Å²) >= 11 is 0. The molecule has 0 spiro atoms. The van der Waals surface area contributed by atoms with Crippen molar-refractivity contribution in [1.29, 1.82) is 0 Å². The van der Waals surface area contributed by atoms with Gasteiger partial charge in [-0.25, -0.2) is 0 Å². The minimum atomic E-state index is -1.70. The summed E-state index contributed by atoms with van der Waals surface area (Å²) in [7, 11) is 1.43. The van der Waals surface area contributed by atoms with Gasteiger partial charge in [0.25, 0.3) is 0 Å². The predicted octanol–water partition coefficient (Wildman–Crippen LogP) is -0.0626. The number of aliphatic hydroxyl groups excluding tert-OH is 1. The fourth-order valence-corrected chi connectivity index (χ4v) is 2.72. The molecule has 1 aliphatic heterocycles. The third-order valence-electron chi connectivity index (χ3n) is 3.47.